The van der Waals surface area contributed by atoms with Gasteiger partial charge in [0.15, 0.2) is 0 Å². The summed E-state index contributed by atoms with van der Waals surface area (Å²) in [7, 11) is 3.27. The third kappa shape index (κ3) is 4.03. The molecule has 0 amide bonds. The normalized spacial score (nSPS) is 10.2. The number of benzene rings is 2. The Morgan fingerprint density at radius 3 is 2.48 bits per heavy atom. The molecule has 0 aliphatic heterocycles. The van der Waals surface area contributed by atoms with Crippen molar-refractivity contribution in [1.29, 1.82) is 0 Å². The van der Waals surface area contributed by atoms with E-state index in [1.165, 1.54) is 0 Å². The third-order valence-electron chi connectivity index (χ3n) is 3.10. The van der Waals surface area contributed by atoms with Gasteiger partial charge in [0, 0.05) is 17.7 Å². The molecule has 0 saturated heterocycles. The number of halogens is 1. The molecule has 112 valence electrons. The molecule has 0 atom stereocenters. The second-order valence-corrected chi connectivity index (χ2v) is 4.65. The molecule has 0 aromatic heterocycles. The fourth-order valence-electron chi connectivity index (χ4n) is 2.01. The average molecular weight is 308 g/mol. The van der Waals surface area contributed by atoms with Gasteiger partial charge in [-0.3, -0.25) is 0 Å². The third-order valence-corrected chi connectivity index (χ3v) is 3.23. The smallest absolute Gasteiger partial charge is 0.125 e. The molecule has 2 aromatic carbocycles. The number of methoxy groups -OCH3 is 2. The molecule has 0 heterocycles. The Kier molecular flexibility index (Phi) is 5.72. The molecule has 0 spiro atoms. The Bertz CT molecular complexity index is 589. The van der Waals surface area contributed by atoms with Gasteiger partial charge in [0.25, 0.3) is 0 Å². The summed E-state index contributed by atoms with van der Waals surface area (Å²) in [6.07, 6.45) is 0. The maximum Gasteiger partial charge on any atom is 0.125 e. The lowest BCUT2D eigenvalue weighted by molar-refractivity contribution is 0.292. The second-order valence-electron chi connectivity index (χ2n) is 4.38. The number of hydrogen-bond acceptors (Lipinski definition) is 4. The van der Waals surface area contributed by atoms with Crippen LogP contribution in [-0.4, -0.2) is 14.2 Å². The van der Waals surface area contributed by atoms with E-state index in [-0.39, 0.29) is 0 Å². The summed E-state index contributed by atoms with van der Waals surface area (Å²) in [6.45, 7) is 0.923. The van der Waals surface area contributed by atoms with Gasteiger partial charge in [-0.15, -0.1) is 0 Å². The molecular formula is C16H18ClNO3. The van der Waals surface area contributed by atoms with Crippen LogP contribution in [0.3, 0.4) is 0 Å². The zero-order chi connectivity index (χ0) is 15.1. The molecule has 2 aromatic rings. The van der Waals surface area contributed by atoms with Crippen molar-refractivity contribution in [3.05, 3.63) is 53.6 Å². The van der Waals surface area contributed by atoms with Crippen LogP contribution in [0.2, 0.25) is 0 Å². The zero-order valence-electron chi connectivity index (χ0n) is 12.1. The number of hydrogen-bond donors (Lipinski definition) is 1. The van der Waals surface area contributed by atoms with Crippen LogP contribution >= 0.6 is 11.8 Å². The maximum absolute atomic E-state index is 5.88. The summed E-state index contributed by atoms with van der Waals surface area (Å²) in [5.41, 5.74) is 1.92. The summed E-state index contributed by atoms with van der Waals surface area (Å²) >= 11 is 5.57. The number of ether oxygens (including phenoxy) is 3. The molecule has 21 heavy (non-hydrogen) atoms. The van der Waals surface area contributed by atoms with Crippen molar-refractivity contribution in [2.24, 2.45) is 0 Å². The largest absolute Gasteiger partial charge is 0.497 e. The van der Waals surface area contributed by atoms with Crippen molar-refractivity contribution in [3.63, 3.8) is 0 Å². The SMILES string of the molecule is COc1ccc(OC)c(COc2ccccc2CNCl)c1. The Labute approximate surface area is 129 Å². The predicted molar refractivity (Wildman–Crippen MR) is 83.0 cm³/mol. The van der Waals surface area contributed by atoms with E-state index >= 15 is 0 Å². The number of nitrogens with one attached hydrogen (secondary N) is 1. The lowest BCUT2D eigenvalue weighted by Gasteiger charge is -2.14. The molecule has 0 saturated carbocycles. The van der Waals surface area contributed by atoms with E-state index < -0.39 is 0 Å². The summed E-state index contributed by atoms with van der Waals surface area (Å²) in [5, 5.41) is 0. The quantitative estimate of drug-likeness (QED) is 0.794. The van der Waals surface area contributed by atoms with E-state index in [0.717, 1.165) is 28.4 Å². The molecule has 5 heteroatoms. The van der Waals surface area contributed by atoms with Crippen LogP contribution < -0.4 is 19.0 Å². The molecule has 4 nitrogen and oxygen atoms in total. The van der Waals surface area contributed by atoms with Gasteiger partial charge in [-0.2, -0.15) is 0 Å². The fraction of sp³-hybridized carbons (Fsp3) is 0.250. The monoisotopic (exact) mass is 307 g/mol. The summed E-state index contributed by atoms with van der Waals surface area (Å²) < 4.78 is 16.5. The first-order valence-corrected chi connectivity index (χ1v) is 6.91. The maximum atomic E-state index is 5.88. The fourth-order valence-corrected chi connectivity index (χ4v) is 2.16. The van der Waals surface area contributed by atoms with Crippen molar-refractivity contribution >= 4 is 11.8 Å². The van der Waals surface area contributed by atoms with Crippen LogP contribution in [0.25, 0.3) is 0 Å². The van der Waals surface area contributed by atoms with Gasteiger partial charge in [-0.05, 0) is 36.0 Å². The van der Waals surface area contributed by atoms with Crippen LogP contribution in [0.1, 0.15) is 11.1 Å². The summed E-state index contributed by atoms with van der Waals surface area (Å²) in [4.78, 5) is 2.61. The highest BCUT2D eigenvalue weighted by Gasteiger charge is 2.08. The Morgan fingerprint density at radius 2 is 1.76 bits per heavy atom. The Morgan fingerprint density at radius 1 is 0.952 bits per heavy atom. The molecule has 0 radical (unpaired) electrons. The van der Waals surface area contributed by atoms with Crippen molar-refractivity contribution in [1.82, 2.24) is 4.84 Å². The van der Waals surface area contributed by atoms with Gasteiger partial charge in [-0.25, -0.2) is 4.84 Å². The second kappa shape index (κ2) is 7.76. The highest BCUT2D eigenvalue weighted by Crippen LogP contribution is 2.26. The molecule has 0 aliphatic carbocycles. The molecule has 2 rings (SSSR count). The molecule has 0 bridgehead atoms. The average Bonchev–Trinajstić information content (AvgIpc) is 2.54. The van der Waals surface area contributed by atoms with Crippen LogP contribution in [0.4, 0.5) is 0 Å². The first-order chi connectivity index (χ1) is 10.3. The highest BCUT2D eigenvalue weighted by atomic mass is 35.5. The zero-order valence-corrected chi connectivity index (χ0v) is 12.8. The predicted octanol–water partition coefficient (Wildman–Crippen LogP) is 3.53. The van der Waals surface area contributed by atoms with Gasteiger partial charge >= 0.3 is 0 Å². The minimum Gasteiger partial charge on any atom is -0.497 e. The van der Waals surface area contributed by atoms with Crippen molar-refractivity contribution in [2.75, 3.05) is 14.2 Å². The molecule has 0 aliphatic rings. The summed E-state index contributed by atoms with van der Waals surface area (Å²) in [6, 6.07) is 13.4. The van der Waals surface area contributed by atoms with Gasteiger partial charge in [0.2, 0.25) is 0 Å². The first kappa shape index (κ1) is 15.5. The van der Waals surface area contributed by atoms with E-state index in [0.29, 0.717) is 13.2 Å². The number of para-hydroxylation sites is 1. The van der Waals surface area contributed by atoms with Gasteiger partial charge in [0.05, 0.1) is 14.2 Å². The number of rotatable bonds is 7. The van der Waals surface area contributed by atoms with Gasteiger partial charge in [-0.1, -0.05) is 18.2 Å². The van der Waals surface area contributed by atoms with Crippen molar-refractivity contribution in [2.45, 2.75) is 13.2 Å². The van der Waals surface area contributed by atoms with E-state index in [1.807, 2.05) is 42.5 Å². The first-order valence-electron chi connectivity index (χ1n) is 6.53. The minimum absolute atomic E-state index is 0.389. The lowest BCUT2D eigenvalue weighted by atomic mass is 10.2. The van der Waals surface area contributed by atoms with Crippen LogP contribution in [0.5, 0.6) is 17.2 Å². The van der Waals surface area contributed by atoms with E-state index in [9.17, 15) is 0 Å². The lowest BCUT2D eigenvalue weighted by Crippen LogP contribution is -2.04. The highest BCUT2D eigenvalue weighted by molar-refractivity contribution is 6.13. The van der Waals surface area contributed by atoms with Crippen molar-refractivity contribution in [3.8, 4) is 17.2 Å². The van der Waals surface area contributed by atoms with Gasteiger partial charge in [0.1, 0.15) is 23.9 Å². The topological polar surface area (TPSA) is 39.7 Å². The Hall–Kier alpha value is -1.91. The van der Waals surface area contributed by atoms with E-state index in [2.05, 4.69) is 4.84 Å². The van der Waals surface area contributed by atoms with E-state index in [1.54, 1.807) is 14.2 Å². The van der Waals surface area contributed by atoms with E-state index in [4.69, 9.17) is 26.0 Å². The van der Waals surface area contributed by atoms with Crippen LogP contribution in [0, 0.1) is 0 Å². The minimum atomic E-state index is 0.389. The standard InChI is InChI=1S/C16H18ClNO3/c1-19-14-7-8-15(20-2)13(9-14)11-21-16-6-4-3-5-12(16)10-18-17/h3-9,18H,10-11H2,1-2H3. The summed E-state index contributed by atoms with van der Waals surface area (Å²) in [5.74, 6) is 2.32. The molecule has 0 fully saturated rings. The molecule has 0 unspecified atom stereocenters. The Balaban J connectivity index is 2.16. The van der Waals surface area contributed by atoms with Crippen LogP contribution in [0.15, 0.2) is 42.5 Å². The van der Waals surface area contributed by atoms with Gasteiger partial charge < -0.3 is 14.2 Å². The van der Waals surface area contributed by atoms with Crippen molar-refractivity contribution < 1.29 is 14.2 Å². The molecule has 1 N–H and O–H groups in total. The van der Waals surface area contributed by atoms with Crippen LogP contribution in [-0.2, 0) is 13.2 Å². The molecular weight excluding hydrogens is 290 g/mol.